The summed E-state index contributed by atoms with van der Waals surface area (Å²) in [6, 6.07) is 19.3. The molecular formula is C23H23ClN4O4S. The van der Waals surface area contributed by atoms with Gasteiger partial charge in [-0.25, -0.2) is 13.8 Å². The van der Waals surface area contributed by atoms with Gasteiger partial charge in [0.2, 0.25) is 0 Å². The van der Waals surface area contributed by atoms with Crippen molar-refractivity contribution in [2.24, 2.45) is 5.10 Å². The lowest BCUT2D eigenvalue weighted by molar-refractivity contribution is 0.0955. The van der Waals surface area contributed by atoms with Gasteiger partial charge in [-0.3, -0.25) is 9.52 Å². The highest BCUT2D eigenvalue weighted by molar-refractivity contribution is 7.92. The van der Waals surface area contributed by atoms with Crippen LogP contribution in [0, 0.1) is 0 Å². The fraction of sp³-hybridized carbons (Fsp3) is 0.130. The lowest BCUT2D eigenvalue weighted by Crippen LogP contribution is -2.21. The number of nitrogens with one attached hydrogen (secondary N) is 2. The van der Waals surface area contributed by atoms with Gasteiger partial charge < -0.3 is 10.0 Å². The van der Waals surface area contributed by atoms with Gasteiger partial charge in [-0.15, -0.1) is 0 Å². The number of halogens is 1. The third-order valence-electron chi connectivity index (χ3n) is 4.65. The molecule has 8 nitrogen and oxygen atoms in total. The van der Waals surface area contributed by atoms with E-state index in [1.54, 1.807) is 24.3 Å². The van der Waals surface area contributed by atoms with Crippen LogP contribution in [0.15, 0.2) is 82.8 Å². The number of aliphatic hydroxyl groups is 1. The van der Waals surface area contributed by atoms with Gasteiger partial charge in [-0.2, -0.15) is 5.10 Å². The number of anilines is 2. The van der Waals surface area contributed by atoms with Gasteiger partial charge in [-0.1, -0.05) is 29.8 Å². The molecule has 10 heteroatoms. The Morgan fingerprint density at radius 1 is 1.09 bits per heavy atom. The summed E-state index contributed by atoms with van der Waals surface area (Å²) in [4.78, 5) is 14.3. The third-order valence-corrected chi connectivity index (χ3v) is 6.28. The van der Waals surface area contributed by atoms with E-state index in [4.69, 9.17) is 16.7 Å². The minimum atomic E-state index is -3.89. The maximum Gasteiger partial charge on any atom is 0.271 e. The molecule has 3 aromatic rings. The molecule has 172 valence electrons. The molecule has 0 bridgehead atoms. The van der Waals surface area contributed by atoms with E-state index < -0.39 is 15.9 Å². The minimum Gasteiger partial charge on any atom is -0.395 e. The first-order chi connectivity index (χ1) is 15.8. The highest BCUT2D eigenvalue weighted by atomic mass is 35.5. The molecule has 0 saturated heterocycles. The number of aliphatic hydroxyl groups excluding tert-OH is 1. The number of hydrogen-bond acceptors (Lipinski definition) is 6. The van der Waals surface area contributed by atoms with Crippen molar-refractivity contribution in [2.75, 3.05) is 29.8 Å². The van der Waals surface area contributed by atoms with Crippen LogP contribution in [0.1, 0.15) is 15.9 Å². The number of sulfonamides is 1. The van der Waals surface area contributed by atoms with Crippen molar-refractivity contribution in [2.45, 2.75) is 4.90 Å². The summed E-state index contributed by atoms with van der Waals surface area (Å²) in [6.07, 6.45) is 1.48. The van der Waals surface area contributed by atoms with E-state index in [2.05, 4.69) is 15.2 Å². The molecule has 0 saturated carbocycles. The Hall–Kier alpha value is -3.40. The molecule has 0 spiro atoms. The smallest absolute Gasteiger partial charge is 0.271 e. The minimum absolute atomic E-state index is 0.0586. The Kier molecular flexibility index (Phi) is 8.05. The maximum atomic E-state index is 12.7. The van der Waals surface area contributed by atoms with Crippen molar-refractivity contribution < 1.29 is 18.3 Å². The molecule has 3 aromatic carbocycles. The molecule has 0 aromatic heterocycles. The first-order valence-electron chi connectivity index (χ1n) is 9.92. The Bertz CT molecular complexity index is 1230. The number of carbonyl (C=O) groups is 1. The summed E-state index contributed by atoms with van der Waals surface area (Å²) in [7, 11) is -2.02. The fourth-order valence-electron chi connectivity index (χ4n) is 2.86. The van der Waals surface area contributed by atoms with E-state index in [-0.39, 0.29) is 17.1 Å². The van der Waals surface area contributed by atoms with E-state index in [0.29, 0.717) is 17.3 Å². The van der Waals surface area contributed by atoms with Gasteiger partial charge in [0.05, 0.1) is 17.7 Å². The monoisotopic (exact) mass is 486 g/mol. The van der Waals surface area contributed by atoms with E-state index in [1.807, 2.05) is 36.2 Å². The maximum absolute atomic E-state index is 12.7. The van der Waals surface area contributed by atoms with Gasteiger partial charge in [0, 0.05) is 35.6 Å². The second-order valence-corrected chi connectivity index (χ2v) is 9.19. The van der Waals surface area contributed by atoms with E-state index >= 15 is 0 Å². The number of benzene rings is 3. The average molecular weight is 487 g/mol. The number of amides is 1. The normalized spacial score (nSPS) is 11.4. The molecule has 3 N–H and O–H groups in total. The Morgan fingerprint density at radius 2 is 1.79 bits per heavy atom. The molecule has 0 aliphatic rings. The van der Waals surface area contributed by atoms with Crippen molar-refractivity contribution in [3.8, 4) is 0 Å². The SMILES string of the molecule is CN(CCO)c1ccc(/C=N/NC(=O)c2cccc(S(=O)(=O)Nc3ccc(Cl)cc3)c2)cc1. The molecule has 0 heterocycles. The molecular weight excluding hydrogens is 464 g/mol. The van der Waals surface area contributed by atoms with Gasteiger partial charge in [0.1, 0.15) is 0 Å². The quantitative estimate of drug-likeness (QED) is 0.317. The molecule has 0 aliphatic heterocycles. The van der Waals surface area contributed by atoms with E-state index in [0.717, 1.165) is 11.3 Å². The zero-order valence-electron chi connectivity index (χ0n) is 17.8. The molecule has 0 atom stereocenters. The van der Waals surface area contributed by atoms with Crippen LogP contribution in [0.5, 0.6) is 0 Å². The topological polar surface area (TPSA) is 111 Å². The van der Waals surface area contributed by atoms with Crippen LogP contribution < -0.4 is 15.0 Å². The Balaban J connectivity index is 1.65. The molecule has 0 aliphatic carbocycles. The summed E-state index contributed by atoms with van der Waals surface area (Å²) < 4.78 is 27.8. The largest absolute Gasteiger partial charge is 0.395 e. The first kappa shape index (κ1) is 24.2. The zero-order valence-corrected chi connectivity index (χ0v) is 19.3. The van der Waals surface area contributed by atoms with Gasteiger partial charge in [0.15, 0.2) is 0 Å². The van der Waals surface area contributed by atoms with Crippen molar-refractivity contribution in [1.29, 1.82) is 0 Å². The van der Waals surface area contributed by atoms with Crippen molar-refractivity contribution in [1.82, 2.24) is 5.43 Å². The number of hydrazone groups is 1. The predicted molar refractivity (Wildman–Crippen MR) is 131 cm³/mol. The van der Waals surface area contributed by atoms with Crippen molar-refractivity contribution in [3.05, 3.63) is 88.9 Å². The Labute approximate surface area is 197 Å². The molecule has 0 radical (unpaired) electrons. The summed E-state index contributed by atoms with van der Waals surface area (Å²) in [5.41, 5.74) is 4.60. The van der Waals surface area contributed by atoms with Gasteiger partial charge in [0.25, 0.3) is 15.9 Å². The lowest BCUT2D eigenvalue weighted by atomic mass is 10.2. The van der Waals surface area contributed by atoms with Crippen LogP contribution in [0.2, 0.25) is 5.02 Å². The predicted octanol–water partition coefficient (Wildman–Crippen LogP) is 3.33. The van der Waals surface area contributed by atoms with Crippen molar-refractivity contribution >= 4 is 45.1 Å². The molecule has 0 fully saturated rings. The summed E-state index contributed by atoms with van der Waals surface area (Å²) in [5.74, 6) is -0.547. The highest BCUT2D eigenvalue weighted by Gasteiger charge is 2.16. The highest BCUT2D eigenvalue weighted by Crippen LogP contribution is 2.19. The second kappa shape index (κ2) is 11.0. The van der Waals surface area contributed by atoms with Crippen LogP contribution in [-0.2, 0) is 10.0 Å². The second-order valence-electron chi connectivity index (χ2n) is 7.08. The van der Waals surface area contributed by atoms with Crippen molar-refractivity contribution in [3.63, 3.8) is 0 Å². The average Bonchev–Trinajstić information content (AvgIpc) is 2.81. The van der Waals surface area contributed by atoms with Crippen LogP contribution in [0.25, 0.3) is 0 Å². The molecule has 1 amide bonds. The fourth-order valence-corrected chi connectivity index (χ4v) is 4.09. The van der Waals surface area contributed by atoms with Crippen LogP contribution >= 0.6 is 11.6 Å². The number of hydrogen-bond donors (Lipinski definition) is 3. The van der Waals surface area contributed by atoms with Crippen LogP contribution in [0.3, 0.4) is 0 Å². The van der Waals surface area contributed by atoms with Gasteiger partial charge in [-0.05, 0) is 60.2 Å². The molecule has 33 heavy (non-hydrogen) atoms. The standard InChI is InChI=1S/C23H23ClN4O4S/c1-28(13-14-29)21-11-5-17(6-12-21)16-25-26-23(30)18-3-2-4-22(15-18)33(31,32)27-20-9-7-19(24)8-10-20/h2-12,15-16,27,29H,13-14H2,1H3,(H,26,30)/b25-16+. The summed E-state index contributed by atoms with van der Waals surface area (Å²) in [6.45, 7) is 0.582. The zero-order chi connectivity index (χ0) is 23.8. The number of carbonyl (C=O) groups excluding carboxylic acids is 1. The lowest BCUT2D eigenvalue weighted by Gasteiger charge is -2.17. The van der Waals surface area contributed by atoms with Crippen LogP contribution in [-0.4, -0.2) is 45.8 Å². The van der Waals surface area contributed by atoms with Gasteiger partial charge >= 0.3 is 0 Å². The Morgan fingerprint density at radius 3 is 2.45 bits per heavy atom. The van der Waals surface area contributed by atoms with E-state index in [9.17, 15) is 13.2 Å². The third kappa shape index (κ3) is 6.79. The molecule has 3 rings (SSSR count). The summed E-state index contributed by atoms with van der Waals surface area (Å²) in [5, 5.41) is 13.4. The van der Waals surface area contributed by atoms with E-state index in [1.165, 1.54) is 30.5 Å². The summed E-state index contributed by atoms with van der Waals surface area (Å²) >= 11 is 5.82. The number of rotatable bonds is 9. The number of nitrogens with zero attached hydrogens (tertiary/aromatic N) is 2. The first-order valence-corrected chi connectivity index (χ1v) is 11.8. The van der Waals surface area contributed by atoms with Crippen LogP contribution in [0.4, 0.5) is 11.4 Å². The number of likely N-dealkylation sites (N-methyl/N-ethyl adjacent to an activating group) is 1. The molecule has 0 unspecified atom stereocenters.